The molecule has 3 nitrogen and oxygen atoms in total. The van der Waals surface area contributed by atoms with Crippen molar-refractivity contribution in [2.24, 2.45) is 0 Å². The molecule has 2 heterocycles. The predicted molar refractivity (Wildman–Crippen MR) is 63.8 cm³/mol. The Balaban J connectivity index is 1.97. The van der Waals surface area contributed by atoms with Gasteiger partial charge in [-0.15, -0.1) is 0 Å². The van der Waals surface area contributed by atoms with Gasteiger partial charge in [0.05, 0.1) is 25.2 Å². The molecular weight excluding hydrogens is 240 g/mol. The Bertz CT molecular complexity index is 464. The zero-order valence-corrected chi connectivity index (χ0v) is 10.1. The molecule has 0 atom stereocenters. The molecule has 2 aliphatic rings. The van der Waals surface area contributed by atoms with Crippen LogP contribution in [-0.2, 0) is 4.74 Å². The van der Waals surface area contributed by atoms with E-state index < -0.39 is 0 Å². The highest BCUT2D eigenvalue weighted by atomic mass is 35.5. The van der Waals surface area contributed by atoms with Gasteiger partial charge in [0.25, 0.3) is 0 Å². The second kappa shape index (κ2) is 4.00. The van der Waals surface area contributed by atoms with Crippen LogP contribution in [-0.4, -0.2) is 24.6 Å². The van der Waals surface area contributed by atoms with Crippen molar-refractivity contribution in [2.75, 3.05) is 13.2 Å². The van der Waals surface area contributed by atoms with Crippen molar-refractivity contribution in [2.45, 2.75) is 24.9 Å². The fourth-order valence-corrected chi connectivity index (χ4v) is 2.66. The molecule has 0 bridgehead atoms. The summed E-state index contributed by atoms with van der Waals surface area (Å²) in [6, 6.07) is 5.23. The van der Waals surface area contributed by atoms with Gasteiger partial charge >= 0.3 is 0 Å². The van der Waals surface area contributed by atoms with Crippen LogP contribution < -0.4 is 4.74 Å². The molecule has 0 N–H and O–H groups in total. The summed E-state index contributed by atoms with van der Waals surface area (Å²) in [7, 11) is 0. The molecule has 0 radical (unpaired) electrons. The number of ether oxygens (including phenoxy) is 2. The molecule has 0 saturated carbocycles. The summed E-state index contributed by atoms with van der Waals surface area (Å²) < 4.78 is 11.4. The number of rotatable bonds is 0. The Kier molecular flexibility index (Phi) is 2.60. The van der Waals surface area contributed by atoms with Crippen LogP contribution in [0.25, 0.3) is 0 Å². The first-order valence-electron chi connectivity index (χ1n) is 5.78. The lowest BCUT2D eigenvalue weighted by Crippen LogP contribution is -2.46. The molecule has 0 amide bonds. The van der Waals surface area contributed by atoms with Crippen LogP contribution in [0.15, 0.2) is 18.2 Å². The summed E-state index contributed by atoms with van der Waals surface area (Å²) in [4.78, 5) is 12.1. The average molecular weight is 253 g/mol. The minimum atomic E-state index is -0.351. The molecule has 0 unspecified atom stereocenters. The Morgan fingerprint density at radius 1 is 1.24 bits per heavy atom. The van der Waals surface area contributed by atoms with Crippen molar-refractivity contribution in [3.63, 3.8) is 0 Å². The summed E-state index contributed by atoms with van der Waals surface area (Å²) in [6.45, 7) is 1.33. The number of benzene rings is 1. The quantitative estimate of drug-likeness (QED) is 0.712. The Morgan fingerprint density at radius 2 is 2.00 bits per heavy atom. The van der Waals surface area contributed by atoms with E-state index in [9.17, 15) is 4.79 Å². The lowest BCUT2D eigenvalue weighted by atomic mass is 9.84. The molecule has 3 rings (SSSR count). The van der Waals surface area contributed by atoms with Crippen LogP contribution in [0.3, 0.4) is 0 Å². The molecule has 4 heteroatoms. The SMILES string of the molecule is O=C1CC2(CCOCC2)Oc2ccc(Cl)cc21. The first-order valence-corrected chi connectivity index (χ1v) is 6.16. The molecule has 1 saturated heterocycles. The van der Waals surface area contributed by atoms with Crippen molar-refractivity contribution in [1.29, 1.82) is 0 Å². The van der Waals surface area contributed by atoms with Crippen LogP contribution >= 0.6 is 11.6 Å². The van der Waals surface area contributed by atoms with Gasteiger partial charge in [0, 0.05) is 17.9 Å². The maximum atomic E-state index is 12.1. The third-order valence-electron chi connectivity index (χ3n) is 3.46. The summed E-state index contributed by atoms with van der Waals surface area (Å²) in [5.74, 6) is 0.781. The minimum Gasteiger partial charge on any atom is -0.486 e. The molecule has 0 aromatic heterocycles. The first kappa shape index (κ1) is 11.1. The summed E-state index contributed by atoms with van der Waals surface area (Å²) in [5, 5.41) is 0.573. The minimum absolute atomic E-state index is 0.121. The molecule has 17 heavy (non-hydrogen) atoms. The van der Waals surface area contributed by atoms with Gasteiger partial charge in [-0.1, -0.05) is 11.6 Å². The molecular formula is C13H13ClO3. The van der Waals surface area contributed by atoms with Gasteiger partial charge in [0.15, 0.2) is 5.78 Å². The number of fused-ring (bicyclic) bond motifs is 1. The van der Waals surface area contributed by atoms with E-state index in [1.54, 1.807) is 18.2 Å². The third-order valence-corrected chi connectivity index (χ3v) is 3.69. The topological polar surface area (TPSA) is 35.5 Å². The van der Waals surface area contributed by atoms with E-state index in [1.165, 1.54) is 0 Å². The van der Waals surface area contributed by atoms with Crippen LogP contribution in [0.1, 0.15) is 29.6 Å². The van der Waals surface area contributed by atoms with Crippen LogP contribution in [0.5, 0.6) is 5.75 Å². The number of hydrogen-bond donors (Lipinski definition) is 0. The highest BCUT2D eigenvalue weighted by Crippen LogP contribution is 2.39. The van der Waals surface area contributed by atoms with Gasteiger partial charge in [-0.25, -0.2) is 0 Å². The predicted octanol–water partition coefficient (Wildman–Crippen LogP) is 2.85. The highest BCUT2D eigenvalue weighted by Gasteiger charge is 2.41. The van der Waals surface area contributed by atoms with Gasteiger partial charge in [-0.2, -0.15) is 0 Å². The van der Waals surface area contributed by atoms with Crippen molar-refractivity contribution in [3.05, 3.63) is 28.8 Å². The lowest BCUT2D eigenvalue weighted by Gasteiger charge is -2.40. The zero-order valence-electron chi connectivity index (χ0n) is 9.37. The first-order chi connectivity index (χ1) is 8.19. The van der Waals surface area contributed by atoms with Gasteiger partial charge in [-0.05, 0) is 18.2 Å². The zero-order chi connectivity index (χ0) is 11.9. The lowest BCUT2D eigenvalue weighted by molar-refractivity contribution is -0.0504. The van der Waals surface area contributed by atoms with Gasteiger partial charge in [0.2, 0.25) is 0 Å². The smallest absolute Gasteiger partial charge is 0.170 e. The fourth-order valence-electron chi connectivity index (χ4n) is 2.49. The number of Topliss-reactive ketones (excluding diaryl/α,β-unsaturated/α-hetero) is 1. The van der Waals surface area contributed by atoms with E-state index >= 15 is 0 Å². The monoisotopic (exact) mass is 252 g/mol. The third kappa shape index (κ3) is 1.94. The molecule has 0 aliphatic carbocycles. The van der Waals surface area contributed by atoms with E-state index in [0.29, 0.717) is 36.0 Å². The Labute approximate surface area is 105 Å². The average Bonchev–Trinajstić information content (AvgIpc) is 2.31. The number of carbonyl (C=O) groups excluding carboxylic acids is 1. The number of ketones is 1. The van der Waals surface area contributed by atoms with Crippen LogP contribution in [0.2, 0.25) is 5.02 Å². The summed E-state index contributed by atoms with van der Waals surface area (Å²) in [6.07, 6.45) is 1.99. The molecule has 2 aliphatic heterocycles. The molecule has 1 spiro atoms. The Hall–Kier alpha value is -1.06. The van der Waals surface area contributed by atoms with Crippen LogP contribution in [0.4, 0.5) is 0 Å². The molecule has 1 fully saturated rings. The van der Waals surface area contributed by atoms with Crippen molar-refractivity contribution in [3.8, 4) is 5.75 Å². The number of carbonyl (C=O) groups is 1. The Morgan fingerprint density at radius 3 is 2.76 bits per heavy atom. The van der Waals surface area contributed by atoms with Crippen molar-refractivity contribution in [1.82, 2.24) is 0 Å². The van der Waals surface area contributed by atoms with Gasteiger partial charge < -0.3 is 9.47 Å². The van der Waals surface area contributed by atoms with E-state index in [1.807, 2.05) is 0 Å². The summed E-state index contributed by atoms with van der Waals surface area (Å²) >= 11 is 5.89. The normalized spacial score (nSPS) is 22.1. The summed E-state index contributed by atoms with van der Waals surface area (Å²) in [5.41, 5.74) is 0.255. The largest absolute Gasteiger partial charge is 0.486 e. The van der Waals surface area contributed by atoms with Crippen LogP contribution in [0, 0.1) is 0 Å². The van der Waals surface area contributed by atoms with E-state index in [2.05, 4.69) is 0 Å². The van der Waals surface area contributed by atoms with E-state index in [-0.39, 0.29) is 11.4 Å². The number of hydrogen-bond acceptors (Lipinski definition) is 3. The van der Waals surface area contributed by atoms with E-state index in [4.69, 9.17) is 21.1 Å². The maximum absolute atomic E-state index is 12.1. The van der Waals surface area contributed by atoms with Crippen molar-refractivity contribution >= 4 is 17.4 Å². The molecule has 90 valence electrons. The number of halogens is 1. The fraction of sp³-hybridized carbons (Fsp3) is 0.462. The van der Waals surface area contributed by atoms with Gasteiger partial charge in [-0.3, -0.25) is 4.79 Å². The second-order valence-corrected chi connectivity index (χ2v) is 5.07. The standard InChI is InChI=1S/C13H13ClO3/c14-9-1-2-12-10(7-9)11(15)8-13(17-12)3-5-16-6-4-13/h1-2,7H,3-6,8H2. The van der Waals surface area contributed by atoms with Crippen molar-refractivity contribution < 1.29 is 14.3 Å². The second-order valence-electron chi connectivity index (χ2n) is 4.64. The molecule has 1 aromatic carbocycles. The highest BCUT2D eigenvalue weighted by molar-refractivity contribution is 6.31. The van der Waals surface area contributed by atoms with E-state index in [0.717, 1.165) is 12.8 Å². The van der Waals surface area contributed by atoms with Gasteiger partial charge in [0.1, 0.15) is 11.4 Å². The molecule has 1 aromatic rings. The maximum Gasteiger partial charge on any atom is 0.170 e.